The summed E-state index contributed by atoms with van der Waals surface area (Å²) in [5.41, 5.74) is 9.07. The van der Waals surface area contributed by atoms with Crippen LogP contribution in [0.15, 0.2) is 30.3 Å². The van der Waals surface area contributed by atoms with Crippen LogP contribution in [0.25, 0.3) is 10.9 Å². The summed E-state index contributed by atoms with van der Waals surface area (Å²) >= 11 is 0. The SMILES string of the molecule is Cc1cc(C)n(C(C)CC(=O)N2CCCC(c3nc4ccc(F)cc4cc3C(N)=O)C2)n1. The van der Waals surface area contributed by atoms with Gasteiger partial charge in [-0.25, -0.2) is 4.39 Å². The number of amides is 2. The fraction of sp³-hybridized carbons (Fsp3) is 0.417. The number of aryl methyl sites for hydroxylation is 2. The summed E-state index contributed by atoms with van der Waals surface area (Å²) in [6.45, 7) is 7.07. The van der Waals surface area contributed by atoms with Gasteiger partial charge in [0.2, 0.25) is 5.91 Å². The Labute approximate surface area is 186 Å². The summed E-state index contributed by atoms with van der Waals surface area (Å²) in [5, 5.41) is 5.03. The van der Waals surface area contributed by atoms with E-state index in [9.17, 15) is 14.0 Å². The highest BCUT2D eigenvalue weighted by atomic mass is 19.1. The van der Waals surface area contributed by atoms with Gasteiger partial charge in [-0.05, 0) is 63.9 Å². The Morgan fingerprint density at radius 3 is 2.72 bits per heavy atom. The summed E-state index contributed by atoms with van der Waals surface area (Å²) in [4.78, 5) is 31.7. The van der Waals surface area contributed by atoms with E-state index in [0.29, 0.717) is 41.7 Å². The molecule has 0 radical (unpaired) electrons. The molecule has 8 heteroatoms. The minimum Gasteiger partial charge on any atom is -0.366 e. The number of piperidine rings is 1. The minimum atomic E-state index is -0.597. The lowest BCUT2D eigenvalue weighted by atomic mass is 9.90. The molecule has 1 aliphatic heterocycles. The van der Waals surface area contributed by atoms with Crippen LogP contribution in [0.1, 0.15) is 65.6 Å². The Morgan fingerprint density at radius 2 is 2.03 bits per heavy atom. The van der Waals surface area contributed by atoms with Crippen molar-refractivity contribution in [2.75, 3.05) is 13.1 Å². The van der Waals surface area contributed by atoms with E-state index in [4.69, 9.17) is 5.73 Å². The summed E-state index contributed by atoms with van der Waals surface area (Å²) < 4.78 is 15.5. The van der Waals surface area contributed by atoms with Crippen molar-refractivity contribution in [2.45, 2.75) is 52.0 Å². The van der Waals surface area contributed by atoms with E-state index in [1.807, 2.05) is 36.4 Å². The Balaban J connectivity index is 1.56. The number of halogens is 1. The van der Waals surface area contributed by atoms with Crippen LogP contribution < -0.4 is 5.73 Å². The van der Waals surface area contributed by atoms with Crippen molar-refractivity contribution in [3.05, 3.63) is 58.8 Å². The van der Waals surface area contributed by atoms with E-state index in [1.54, 1.807) is 12.1 Å². The number of fused-ring (bicyclic) bond motifs is 1. The van der Waals surface area contributed by atoms with Crippen LogP contribution in [0.2, 0.25) is 0 Å². The monoisotopic (exact) mass is 437 g/mol. The van der Waals surface area contributed by atoms with Gasteiger partial charge in [0.25, 0.3) is 5.91 Å². The van der Waals surface area contributed by atoms with Gasteiger partial charge in [-0.1, -0.05) is 0 Å². The van der Waals surface area contributed by atoms with E-state index < -0.39 is 11.7 Å². The average Bonchev–Trinajstić information content (AvgIpc) is 3.10. The maximum atomic E-state index is 13.6. The predicted molar refractivity (Wildman–Crippen MR) is 120 cm³/mol. The molecule has 3 heterocycles. The van der Waals surface area contributed by atoms with E-state index in [0.717, 1.165) is 24.2 Å². The van der Waals surface area contributed by atoms with Crippen LogP contribution in [0.5, 0.6) is 0 Å². The van der Waals surface area contributed by atoms with Crippen molar-refractivity contribution >= 4 is 22.7 Å². The predicted octanol–water partition coefficient (Wildman–Crippen LogP) is 3.64. The number of carbonyl (C=O) groups excluding carboxylic acids is 2. The van der Waals surface area contributed by atoms with Gasteiger partial charge in [0.15, 0.2) is 0 Å². The molecule has 1 fully saturated rings. The molecule has 1 aromatic carbocycles. The maximum absolute atomic E-state index is 13.6. The minimum absolute atomic E-state index is 0.0496. The summed E-state index contributed by atoms with van der Waals surface area (Å²) in [5.74, 6) is -1.04. The van der Waals surface area contributed by atoms with Gasteiger partial charge >= 0.3 is 0 Å². The lowest BCUT2D eigenvalue weighted by Gasteiger charge is -2.34. The second-order valence-electron chi connectivity index (χ2n) is 8.73. The number of benzene rings is 1. The highest BCUT2D eigenvalue weighted by Crippen LogP contribution is 2.31. The number of hydrogen-bond acceptors (Lipinski definition) is 4. The van der Waals surface area contributed by atoms with Gasteiger partial charge in [-0.3, -0.25) is 19.3 Å². The Kier molecular flexibility index (Phi) is 5.95. The van der Waals surface area contributed by atoms with E-state index in [1.165, 1.54) is 12.1 Å². The molecule has 0 aliphatic carbocycles. The average molecular weight is 438 g/mol. The van der Waals surface area contributed by atoms with Gasteiger partial charge in [0.05, 0.1) is 28.5 Å². The molecule has 0 spiro atoms. The number of aromatic nitrogens is 3. The zero-order valence-corrected chi connectivity index (χ0v) is 18.6. The van der Waals surface area contributed by atoms with Gasteiger partial charge in [-0.2, -0.15) is 5.10 Å². The molecule has 0 bridgehead atoms. The van der Waals surface area contributed by atoms with Crippen molar-refractivity contribution in [3.8, 4) is 0 Å². The third-order valence-corrected chi connectivity index (χ3v) is 6.16. The molecule has 4 rings (SSSR count). The van der Waals surface area contributed by atoms with E-state index in [2.05, 4.69) is 10.1 Å². The lowest BCUT2D eigenvalue weighted by Crippen LogP contribution is -2.40. The number of nitrogens with two attached hydrogens (primary N) is 1. The number of pyridine rings is 1. The van der Waals surface area contributed by atoms with Crippen LogP contribution in [0.3, 0.4) is 0 Å². The first kappa shape index (κ1) is 21.9. The fourth-order valence-corrected chi connectivity index (χ4v) is 4.66. The molecule has 2 N–H and O–H groups in total. The van der Waals surface area contributed by atoms with Crippen LogP contribution in [-0.2, 0) is 4.79 Å². The second-order valence-corrected chi connectivity index (χ2v) is 8.73. The van der Waals surface area contributed by atoms with Gasteiger partial charge in [0, 0.05) is 36.5 Å². The van der Waals surface area contributed by atoms with Crippen LogP contribution in [-0.4, -0.2) is 44.6 Å². The highest BCUT2D eigenvalue weighted by Gasteiger charge is 2.29. The molecule has 2 unspecified atom stereocenters. The first-order valence-corrected chi connectivity index (χ1v) is 10.9. The molecule has 2 aromatic heterocycles. The van der Waals surface area contributed by atoms with Crippen molar-refractivity contribution in [1.82, 2.24) is 19.7 Å². The summed E-state index contributed by atoms with van der Waals surface area (Å²) in [7, 11) is 0. The number of rotatable bonds is 5. The Morgan fingerprint density at radius 1 is 1.25 bits per heavy atom. The van der Waals surface area contributed by atoms with Crippen LogP contribution in [0.4, 0.5) is 4.39 Å². The first-order valence-electron chi connectivity index (χ1n) is 10.9. The third kappa shape index (κ3) is 4.35. The standard InChI is InChI=1S/C24H28FN5O2/c1-14-9-15(2)30(28-14)16(3)10-22(31)29-8-4-5-17(13-29)23-20(24(26)32)12-18-11-19(25)6-7-21(18)27-23/h6-7,9,11-12,16-17H,4-5,8,10,13H2,1-3H3,(H2,26,32). The fourth-order valence-electron chi connectivity index (χ4n) is 4.66. The molecule has 168 valence electrons. The molecular weight excluding hydrogens is 409 g/mol. The van der Waals surface area contributed by atoms with Crippen molar-refractivity contribution in [1.29, 1.82) is 0 Å². The number of carbonyl (C=O) groups is 2. The van der Waals surface area contributed by atoms with Crippen LogP contribution >= 0.6 is 0 Å². The largest absolute Gasteiger partial charge is 0.366 e. The van der Waals surface area contributed by atoms with E-state index in [-0.39, 0.29) is 17.9 Å². The number of hydrogen-bond donors (Lipinski definition) is 1. The zero-order valence-electron chi connectivity index (χ0n) is 18.6. The summed E-state index contributed by atoms with van der Waals surface area (Å²) in [6, 6.07) is 7.85. The topological polar surface area (TPSA) is 94.1 Å². The molecule has 0 saturated carbocycles. The quantitative estimate of drug-likeness (QED) is 0.659. The van der Waals surface area contributed by atoms with E-state index >= 15 is 0 Å². The van der Waals surface area contributed by atoms with Crippen molar-refractivity contribution < 1.29 is 14.0 Å². The number of nitrogens with zero attached hydrogens (tertiary/aromatic N) is 4. The third-order valence-electron chi connectivity index (χ3n) is 6.16. The molecule has 3 aromatic rings. The number of likely N-dealkylation sites (tertiary alicyclic amines) is 1. The molecular formula is C24H28FN5O2. The summed E-state index contributed by atoms with van der Waals surface area (Å²) in [6.07, 6.45) is 1.96. The zero-order chi connectivity index (χ0) is 23.0. The van der Waals surface area contributed by atoms with Gasteiger partial charge < -0.3 is 10.6 Å². The molecule has 2 amide bonds. The molecule has 1 aliphatic rings. The first-order chi connectivity index (χ1) is 15.2. The smallest absolute Gasteiger partial charge is 0.250 e. The Bertz CT molecular complexity index is 1190. The van der Waals surface area contributed by atoms with Crippen molar-refractivity contribution in [2.24, 2.45) is 5.73 Å². The highest BCUT2D eigenvalue weighted by molar-refractivity contribution is 5.97. The molecule has 1 saturated heterocycles. The van der Waals surface area contributed by atoms with Crippen molar-refractivity contribution in [3.63, 3.8) is 0 Å². The molecule has 32 heavy (non-hydrogen) atoms. The molecule has 2 atom stereocenters. The number of primary amides is 1. The van der Waals surface area contributed by atoms with Gasteiger partial charge in [0.1, 0.15) is 5.82 Å². The maximum Gasteiger partial charge on any atom is 0.250 e. The normalized spacial score (nSPS) is 17.5. The molecule has 7 nitrogen and oxygen atoms in total. The van der Waals surface area contributed by atoms with Crippen LogP contribution in [0, 0.1) is 19.7 Å². The second kappa shape index (κ2) is 8.68. The van der Waals surface area contributed by atoms with Gasteiger partial charge in [-0.15, -0.1) is 0 Å². The Hall–Kier alpha value is -3.29. The lowest BCUT2D eigenvalue weighted by molar-refractivity contribution is -0.133.